The fourth-order valence-electron chi connectivity index (χ4n) is 5.33. The lowest BCUT2D eigenvalue weighted by Crippen LogP contribution is -2.37. The molecule has 1 aromatic heterocycles. The summed E-state index contributed by atoms with van der Waals surface area (Å²) in [5.74, 6) is -0.828. The quantitative estimate of drug-likeness (QED) is 0.139. The molecule has 0 saturated heterocycles. The number of carbonyl (C=O) groups excluding carboxylic acids is 2. The molecule has 44 heavy (non-hydrogen) atoms. The van der Waals surface area contributed by atoms with Crippen LogP contribution >= 0.6 is 18.6 Å². The van der Waals surface area contributed by atoms with E-state index in [9.17, 15) is 9.59 Å². The topological polar surface area (TPSA) is 71.1 Å². The molecule has 0 aliphatic carbocycles. The van der Waals surface area contributed by atoms with Gasteiger partial charge in [-0.3, -0.25) is 14.9 Å². The minimum Gasteiger partial charge on any atom is -0.314 e. The SMILES string of the molecule is O=C(Nc1nccs1)/C(NC(=O)c1ccccc1)=C(/c1ccccc1)[P+](c1ccccc1)(c1ccccc1)c1ccccc1. The predicted molar refractivity (Wildman–Crippen MR) is 183 cm³/mol. The van der Waals surface area contributed by atoms with Crippen molar-refractivity contribution in [2.45, 2.75) is 0 Å². The Bertz CT molecular complexity index is 1770. The number of aromatic nitrogens is 1. The van der Waals surface area contributed by atoms with Crippen LogP contribution in [0.5, 0.6) is 0 Å². The number of rotatable bonds is 9. The van der Waals surface area contributed by atoms with E-state index in [2.05, 4.69) is 52.0 Å². The van der Waals surface area contributed by atoms with E-state index < -0.39 is 13.2 Å². The van der Waals surface area contributed by atoms with Crippen LogP contribution in [0.2, 0.25) is 0 Å². The van der Waals surface area contributed by atoms with Gasteiger partial charge in [-0.15, -0.1) is 11.3 Å². The molecule has 1 heterocycles. The van der Waals surface area contributed by atoms with Crippen LogP contribution in [0.4, 0.5) is 5.13 Å². The average Bonchev–Trinajstić information content (AvgIpc) is 3.61. The first-order valence-electron chi connectivity index (χ1n) is 14.1. The van der Waals surface area contributed by atoms with Crippen LogP contribution in [0.25, 0.3) is 5.31 Å². The van der Waals surface area contributed by atoms with E-state index in [1.54, 1.807) is 35.8 Å². The molecule has 0 aliphatic heterocycles. The number of nitrogens with one attached hydrogen (secondary N) is 2. The van der Waals surface area contributed by atoms with Crippen molar-refractivity contribution < 1.29 is 9.59 Å². The monoisotopic (exact) mass is 610 g/mol. The second kappa shape index (κ2) is 13.4. The minimum absolute atomic E-state index is 0.171. The first-order valence-corrected chi connectivity index (χ1v) is 16.8. The second-order valence-electron chi connectivity index (χ2n) is 9.88. The summed E-state index contributed by atoms with van der Waals surface area (Å²) in [4.78, 5) is 32.7. The van der Waals surface area contributed by atoms with Gasteiger partial charge in [0.25, 0.3) is 11.8 Å². The van der Waals surface area contributed by atoms with Crippen molar-refractivity contribution in [1.82, 2.24) is 10.3 Å². The Labute approximate surface area is 261 Å². The Balaban J connectivity index is 1.75. The van der Waals surface area contributed by atoms with Gasteiger partial charge in [0.05, 0.1) is 0 Å². The number of thiazole rings is 1. The molecule has 6 rings (SSSR count). The van der Waals surface area contributed by atoms with Crippen LogP contribution in [0.15, 0.2) is 169 Å². The van der Waals surface area contributed by atoms with Gasteiger partial charge in [-0.25, -0.2) is 4.98 Å². The maximum absolute atomic E-state index is 14.5. The number of anilines is 1. The Morgan fingerprint density at radius 2 is 1.00 bits per heavy atom. The zero-order valence-electron chi connectivity index (χ0n) is 23.7. The van der Waals surface area contributed by atoms with Gasteiger partial charge in [0.1, 0.15) is 28.5 Å². The molecule has 5 aromatic carbocycles. The maximum Gasteiger partial charge on any atom is 0.278 e. The van der Waals surface area contributed by atoms with Crippen molar-refractivity contribution in [2.75, 3.05) is 5.32 Å². The highest BCUT2D eigenvalue weighted by molar-refractivity contribution is 8.03. The Morgan fingerprint density at radius 3 is 1.43 bits per heavy atom. The maximum atomic E-state index is 14.5. The second-order valence-corrected chi connectivity index (χ2v) is 14.1. The highest BCUT2D eigenvalue weighted by Crippen LogP contribution is 2.67. The molecule has 2 amide bonds. The molecule has 0 unspecified atom stereocenters. The highest BCUT2D eigenvalue weighted by Gasteiger charge is 2.52. The Morgan fingerprint density at radius 1 is 0.568 bits per heavy atom. The lowest BCUT2D eigenvalue weighted by molar-refractivity contribution is -0.113. The lowest BCUT2D eigenvalue weighted by Gasteiger charge is -2.31. The molecule has 0 fully saturated rings. The summed E-state index contributed by atoms with van der Waals surface area (Å²) < 4.78 is 0. The number of benzene rings is 5. The van der Waals surface area contributed by atoms with Crippen LogP contribution < -0.4 is 26.5 Å². The summed E-state index contributed by atoms with van der Waals surface area (Å²) in [5, 5.41) is 12.2. The van der Waals surface area contributed by atoms with Crippen LogP contribution in [0.1, 0.15) is 15.9 Å². The van der Waals surface area contributed by atoms with Gasteiger partial charge in [-0.1, -0.05) is 103 Å². The number of hydrogen-bond donors (Lipinski definition) is 2. The van der Waals surface area contributed by atoms with Gasteiger partial charge in [0.15, 0.2) is 10.8 Å². The highest BCUT2D eigenvalue weighted by atomic mass is 32.1. The number of nitrogens with zero attached hydrogens (tertiary/aromatic N) is 1. The third-order valence-corrected chi connectivity index (χ3v) is 12.3. The van der Waals surface area contributed by atoms with Gasteiger partial charge < -0.3 is 5.32 Å². The molecule has 2 N–H and O–H groups in total. The van der Waals surface area contributed by atoms with Crippen LogP contribution in [-0.4, -0.2) is 16.8 Å². The average molecular weight is 611 g/mol. The van der Waals surface area contributed by atoms with Crippen molar-refractivity contribution in [3.05, 3.63) is 180 Å². The molecule has 7 heteroatoms. The van der Waals surface area contributed by atoms with E-state index in [4.69, 9.17) is 0 Å². The standard InChI is InChI=1S/C37H28N3O2PS/c41-35(29-18-8-2-9-19-29)39-33(36(42)40-37-38-26-27-44-37)34(28-16-6-1-7-17-28)43(30-20-10-3-11-21-30,31-22-12-4-13-23-31)32-24-14-5-15-25-32/h1-27H,(H-,38,39,40,41,42)/p+1/b34-33+. The fraction of sp³-hybridized carbons (Fsp3) is 0. The van der Waals surface area contributed by atoms with E-state index in [0.29, 0.717) is 10.7 Å². The Hall–Kier alpha value is -5.16. The van der Waals surface area contributed by atoms with Crippen molar-refractivity contribution in [3.63, 3.8) is 0 Å². The van der Waals surface area contributed by atoms with Crippen LogP contribution in [-0.2, 0) is 4.79 Å². The number of amides is 2. The first-order chi connectivity index (χ1) is 21.7. The largest absolute Gasteiger partial charge is 0.314 e. The van der Waals surface area contributed by atoms with E-state index in [-0.39, 0.29) is 11.6 Å². The van der Waals surface area contributed by atoms with E-state index >= 15 is 0 Å². The molecule has 0 atom stereocenters. The van der Waals surface area contributed by atoms with Crippen LogP contribution in [0, 0.1) is 0 Å². The van der Waals surface area contributed by atoms with Crippen molar-refractivity contribution in [2.24, 2.45) is 0 Å². The normalized spacial score (nSPS) is 11.7. The molecule has 0 saturated carbocycles. The summed E-state index contributed by atoms with van der Waals surface area (Å²) in [6.45, 7) is 0. The molecular weight excluding hydrogens is 581 g/mol. The number of carbonyl (C=O) groups is 2. The van der Waals surface area contributed by atoms with E-state index in [1.165, 1.54) is 11.3 Å². The summed E-state index contributed by atoms with van der Waals surface area (Å²) in [5.41, 5.74) is 1.45. The minimum atomic E-state index is -2.85. The van der Waals surface area contributed by atoms with Crippen LogP contribution in [0.3, 0.4) is 0 Å². The lowest BCUT2D eigenvalue weighted by atomic mass is 10.1. The van der Waals surface area contributed by atoms with Gasteiger partial charge in [0, 0.05) is 22.7 Å². The smallest absolute Gasteiger partial charge is 0.278 e. The predicted octanol–water partition coefficient (Wildman–Crippen LogP) is 6.87. The summed E-state index contributed by atoms with van der Waals surface area (Å²) >= 11 is 1.32. The van der Waals surface area contributed by atoms with E-state index in [1.807, 2.05) is 91.0 Å². The van der Waals surface area contributed by atoms with E-state index in [0.717, 1.165) is 26.8 Å². The van der Waals surface area contributed by atoms with Crippen molar-refractivity contribution in [3.8, 4) is 0 Å². The number of hydrogen-bond acceptors (Lipinski definition) is 4. The molecule has 0 spiro atoms. The molecule has 0 aliphatic rings. The van der Waals surface area contributed by atoms with Gasteiger partial charge >= 0.3 is 0 Å². The third-order valence-electron chi connectivity index (χ3n) is 7.20. The summed E-state index contributed by atoms with van der Waals surface area (Å²) in [7, 11) is -2.85. The third kappa shape index (κ3) is 5.86. The fourth-order valence-corrected chi connectivity index (χ4v) is 10.4. The molecule has 0 bridgehead atoms. The molecule has 0 radical (unpaired) electrons. The van der Waals surface area contributed by atoms with Crippen molar-refractivity contribution in [1.29, 1.82) is 0 Å². The zero-order chi connectivity index (χ0) is 30.2. The first kappa shape index (κ1) is 28.9. The van der Waals surface area contributed by atoms with Gasteiger partial charge in [0.2, 0.25) is 0 Å². The summed E-state index contributed by atoms with van der Waals surface area (Å²) in [6.07, 6.45) is 1.64. The summed E-state index contributed by atoms with van der Waals surface area (Å²) in [6, 6.07) is 49.7. The zero-order valence-corrected chi connectivity index (χ0v) is 25.4. The molecule has 5 nitrogen and oxygen atoms in total. The van der Waals surface area contributed by atoms with Crippen molar-refractivity contribution >= 4 is 56.8 Å². The van der Waals surface area contributed by atoms with Gasteiger partial charge in [-0.05, 0) is 48.5 Å². The molecule has 6 aromatic rings. The molecule has 214 valence electrons. The van der Waals surface area contributed by atoms with Gasteiger partial charge in [-0.2, -0.15) is 0 Å². The molecular formula is C37H29N3O2PS+. The Kier molecular flexibility index (Phi) is 8.83.